The standard InChI is InChI=1S/C25H20O7/c1-28-18-8-4-15(5-9-18)24(26)31-19-10-6-17-12-20(25(27)32-22(17)14-19)16-7-11-21(29-2)23(13-16)30-3/h4-14H,1-3H3. The van der Waals surface area contributed by atoms with E-state index in [4.69, 9.17) is 23.4 Å². The molecule has 0 amide bonds. The van der Waals surface area contributed by atoms with Crippen molar-refractivity contribution in [2.45, 2.75) is 0 Å². The van der Waals surface area contributed by atoms with E-state index in [0.717, 1.165) is 0 Å². The van der Waals surface area contributed by atoms with Crippen molar-refractivity contribution in [1.82, 2.24) is 0 Å². The summed E-state index contributed by atoms with van der Waals surface area (Å²) in [6.07, 6.45) is 0. The molecule has 0 aliphatic heterocycles. The van der Waals surface area contributed by atoms with E-state index in [2.05, 4.69) is 0 Å². The van der Waals surface area contributed by atoms with E-state index in [9.17, 15) is 9.59 Å². The van der Waals surface area contributed by atoms with Crippen molar-refractivity contribution in [3.63, 3.8) is 0 Å². The second-order valence-electron chi connectivity index (χ2n) is 6.83. The van der Waals surface area contributed by atoms with Crippen LogP contribution in [0.5, 0.6) is 23.0 Å². The number of carbonyl (C=O) groups is 1. The van der Waals surface area contributed by atoms with E-state index >= 15 is 0 Å². The molecule has 162 valence electrons. The van der Waals surface area contributed by atoms with Gasteiger partial charge in [-0.05, 0) is 60.2 Å². The molecule has 0 spiro atoms. The third-order valence-corrected chi connectivity index (χ3v) is 4.94. The Bertz CT molecular complexity index is 1340. The van der Waals surface area contributed by atoms with E-state index in [-0.39, 0.29) is 5.75 Å². The van der Waals surface area contributed by atoms with Crippen LogP contribution in [-0.4, -0.2) is 27.3 Å². The largest absolute Gasteiger partial charge is 0.497 e. The molecule has 0 saturated carbocycles. The van der Waals surface area contributed by atoms with Gasteiger partial charge >= 0.3 is 11.6 Å². The second kappa shape index (κ2) is 8.85. The lowest BCUT2D eigenvalue weighted by molar-refractivity contribution is 0.0735. The zero-order valence-electron chi connectivity index (χ0n) is 17.7. The van der Waals surface area contributed by atoms with Crippen LogP contribution in [0, 0.1) is 0 Å². The van der Waals surface area contributed by atoms with E-state index < -0.39 is 11.6 Å². The van der Waals surface area contributed by atoms with Crippen LogP contribution in [0.15, 0.2) is 75.9 Å². The minimum Gasteiger partial charge on any atom is -0.497 e. The molecule has 1 aromatic heterocycles. The summed E-state index contributed by atoms with van der Waals surface area (Å²) in [6.45, 7) is 0. The first-order chi connectivity index (χ1) is 15.5. The maximum absolute atomic E-state index is 12.6. The maximum Gasteiger partial charge on any atom is 0.344 e. The molecule has 0 radical (unpaired) electrons. The number of fused-ring (bicyclic) bond motifs is 1. The Balaban J connectivity index is 1.63. The Morgan fingerprint density at radius 3 is 2.16 bits per heavy atom. The summed E-state index contributed by atoms with van der Waals surface area (Å²) < 4.78 is 26.6. The molecule has 32 heavy (non-hydrogen) atoms. The van der Waals surface area contributed by atoms with E-state index in [0.29, 0.717) is 44.9 Å². The highest BCUT2D eigenvalue weighted by Crippen LogP contribution is 2.32. The lowest BCUT2D eigenvalue weighted by atomic mass is 10.1. The summed E-state index contributed by atoms with van der Waals surface area (Å²) in [5, 5.41) is 0.679. The molecule has 7 nitrogen and oxygen atoms in total. The number of ether oxygens (including phenoxy) is 4. The van der Waals surface area contributed by atoms with Crippen molar-refractivity contribution < 1.29 is 28.2 Å². The predicted octanol–water partition coefficient (Wildman–Crippen LogP) is 4.71. The van der Waals surface area contributed by atoms with Crippen molar-refractivity contribution in [3.8, 4) is 34.1 Å². The number of rotatable bonds is 6. The molecule has 0 saturated heterocycles. The van der Waals surface area contributed by atoms with E-state index in [1.807, 2.05) is 0 Å². The van der Waals surface area contributed by atoms with Crippen LogP contribution >= 0.6 is 0 Å². The molecule has 0 N–H and O–H groups in total. The lowest BCUT2D eigenvalue weighted by Gasteiger charge is -2.10. The van der Waals surface area contributed by atoms with Gasteiger partial charge in [0.05, 0.1) is 32.5 Å². The van der Waals surface area contributed by atoms with Crippen molar-refractivity contribution in [2.24, 2.45) is 0 Å². The molecule has 7 heteroatoms. The summed E-state index contributed by atoms with van der Waals surface area (Å²) in [7, 11) is 4.62. The van der Waals surface area contributed by atoms with Gasteiger partial charge in [0.2, 0.25) is 0 Å². The number of hydrogen-bond acceptors (Lipinski definition) is 7. The van der Waals surface area contributed by atoms with Crippen LogP contribution in [0.4, 0.5) is 0 Å². The molecule has 0 unspecified atom stereocenters. The number of carbonyl (C=O) groups excluding carboxylic acids is 1. The number of hydrogen-bond donors (Lipinski definition) is 0. The van der Waals surface area contributed by atoms with Crippen LogP contribution in [0.2, 0.25) is 0 Å². The monoisotopic (exact) mass is 432 g/mol. The summed E-state index contributed by atoms with van der Waals surface area (Å²) in [5.74, 6) is 1.44. The number of esters is 1. The highest BCUT2D eigenvalue weighted by Gasteiger charge is 2.14. The van der Waals surface area contributed by atoms with Gasteiger partial charge in [0.1, 0.15) is 17.1 Å². The molecule has 0 atom stereocenters. The van der Waals surface area contributed by atoms with E-state index in [1.54, 1.807) is 74.9 Å². The topological polar surface area (TPSA) is 84.2 Å². The van der Waals surface area contributed by atoms with Crippen LogP contribution < -0.4 is 24.6 Å². The zero-order valence-corrected chi connectivity index (χ0v) is 17.7. The lowest BCUT2D eigenvalue weighted by Crippen LogP contribution is -2.08. The average molecular weight is 432 g/mol. The summed E-state index contributed by atoms with van der Waals surface area (Å²) >= 11 is 0. The molecule has 0 aliphatic rings. The Morgan fingerprint density at radius 2 is 1.47 bits per heavy atom. The molecule has 0 bridgehead atoms. The normalized spacial score (nSPS) is 10.6. The van der Waals surface area contributed by atoms with Crippen molar-refractivity contribution in [3.05, 3.63) is 82.7 Å². The molecule has 0 fully saturated rings. The zero-order chi connectivity index (χ0) is 22.7. The fourth-order valence-corrected chi connectivity index (χ4v) is 3.25. The third-order valence-electron chi connectivity index (χ3n) is 4.94. The first-order valence-corrected chi connectivity index (χ1v) is 9.69. The van der Waals surface area contributed by atoms with Gasteiger partial charge in [0.25, 0.3) is 0 Å². The van der Waals surface area contributed by atoms with Crippen molar-refractivity contribution >= 4 is 16.9 Å². The van der Waals surface area contributed by atoms with Crippen LogP contribution in [-0.2, 0) is 0 Å². The summed E-state index contributed by atoms with van der Waals surface area (Å²) in [5.41, 5.74) is 1.16. The van der Waals surface area contributed by atoms with Crippen molar-refractivity contribution in [2.75, 3.05) is 21.3 Å². The molecule has 3 aromatic carbocycles. The van der Waals surface area contributed by atoms with Crippen LogP contribution in [0.1, 0.15) is 10.4 Å². The van der Waals surface area contributed by atoms with Gasteiger partial charge in [-0.15, -0.1) is 0 Å². The SMILES string of the molecule is COc1ccc(C(=O)Oc2ccc3cc(-c4ccc(OC)c(OC)c4)c(=O)oc3c2)cc1. The highest BCUT2D eigenvalue weighted by molar-refractivity contribution is 5.92. The first kappa shape index (κ1) is 21.0. The molecular formula is C25H20O7. The van der Waals surface area contributed by atoms with Gasteiger partial charge in [-0.2, -0.15) is 0 Å². The quantitative estimate of drug-likeness (QED) is 0.248. The highest BCUT2D eigenvalue weighted by atomic mass is 16.5. The Labute approximate surface area is 183 Å². The van der Waals surface area contributed by atoms with E-state index in [1.165, 1.54) is 13.2 Å². The number of methoxy groups -OCH3 is 3. The Hall–Kier alpha value is -4.26. The van der Waals surface area contributed by atoms with Gasteiger partial charge in [-0.3, -0.25) is 0 Å². The molecule has 0 aliphatic carbocycles. The smallest absolute Gasteiger partial charge is 0.344 e. The second-order valence-corrected chi connectivity index (χ2v) is 6.83. The van der Waals surface area contributed by atoms with Crippen LogP contribution in [0.3, 0.4) is 0 Å². The molecule has 4 aromatic rings. The molecule has 4 rings (SSSR count). The summed E-state index contributed by atoms with van der Waals surface area (Å²) in [4.78, 5) is 25.0. The predicted molar refractivity (Wildman–Crippen MR) is 119 cm³/mol. The minimum atomic E-state index is -0.531. The maximum atomic E-state index is 12.6. The van der Waals surface area contributed by atoms with Gasteiger partial charge < -0.3 is 23.4 Å². The Kier molecular flexibility index (Phi) is 5.81. The van der Waals surface area contributed by atoms with Crippen molar-refractivity contribution in [1.29, 1.82) is 0 Å². The molecular weight excluding hydrogens is 412 g/mol. The average Bonchev–Trinajstić information content (AvgIpc) is 2.83. The minimum absolute atomic E-state index is 0.264. The molecule has 1 heterocycles. The Morgan fingerprint density at radius 1 is 0.750 bits per heavy atom. The van der Waals surface area contributed by atoms with Gasteiger partial charge in [0.15, 0.2) is 11.5 Å². The third kappa shape index (κ3) is 4.13. The van der Waals surface area contributed by atoms with Crippen LogP contribution in [0.25, 0.3) is 22.1 Å². The fraction of sp³-hybridized carbons (Fsp3) is 0.120. The first-order valence-electron chi connectivity index (χ1n) is 9.69. The van der Waals surface area contributed by atoms with Gasteiger partial charge in [0, 0.05) is 11.5 Å². The summed E-state index contributed by atoms with van der Waals surface area (Å²) in [6, 6.07) is 18.3. The fourth-order valence-electron chi connectivity index (χ4n) is 3.25. The van der Waals surface area contributed by atoms with Gasteiger partial charge in [-0.1, -0.05) is 6.07 Å². The van der Waals surface area contributed by atoms with Gasteiger partial charge in [-0.25, -0.2) is 9.59 Å². The number of benzene rings is 3.